The zero-order valence-electron chi connectivity index (χ0n) is 9.02. The molecule has 0 spiro atoms. The second-order valence-corrected chi connectivity index (χ2v) is 9.69. The van der Waals surface area contributed by atoms with Gasteiger partial charge in [0.25, 0.3) is 0 Å². The predicted molar refractivity (Wildman–Crippen MR) is 61.9 cm³/mol. The van der Waals surface area contributed by atoms with Gasteiger partial charge in [0.05, 0.1) is 0 Å². The van der Waals surface area contributed by atoms with E-state index in [0.717, 1.165) is 5.50 Å². The summed E-state index contributed by atoms with van der Waals surface area (Å²) in [4.78, 5) is 2.51. The number of hydrogen-bond donors (Lipinski definition) is 0. The van der Waals surface area contributed by atoms with Crippen molar-refractivity contribution in [2.75, 3.05) is 38.2 Å². The highest BCUT2D eigenvalue weighted by molar-refractivity contribution is 6.80. The van der Waals surface area contributed by atoms with E-state index in [9.17, 15) is 0 Å². The molecule has 13 heavy (non-hydrogen) atoms. The number of nitrogens with zero attached hydrogens (tertiary/aromatic N) is 2. The normalized spacial score (nSPS) is 22.2. The number of halogens is 1. The molecule has 0 saturated carbocycles. The van der Waals surface area contributed by atoms with E-state index < -0.39 is 8.24 Å². The molecule has 1 heterocycles. The van der Waals surface area contributed by atoms with Crippen LogP contribution in [0.2, 0.25) is 13.1 Å². The topological polar surface area (TPSA) is 6.48 Å². The van der Waals surface area contributed by atoms with Crippen LogP contribution in [0.15, 0.2) is 0 Å². The van der Waals surface area contributed by atoms with E-state index in [4.69, 9.17) is 11.6 Å². The minimum atomic E-state index is -1.25. The summed E-state index contributed by atoms with van der Waals surface area (Å²) in [5.74, 6) is 0. The molecule has 2 nitrogen and oxygen atoms in total. The molecule has 78 valence electrons. The number of alkyl halides is 1. The van der Waals surface area contributed by atoms with Crippen LogP contribution in [0.5, 0.6) is 0 Å². The first-order valence-corrected chi connectivity index (χ1v) is 8.82. The van der Waals surface area contributed by atoms with E-state index in [1.54, 1.807) is 0 Å². The molecule has 0 bridgehead atoms. The van der Waals surface area contributed by atoms with Gasteiger partial charge in [-0.3, -0.25) is 0 Å². The van der Waals surface area contributed by atoms with Crippen molar-refractivity contribution in [3.63, 3.8) is 0 Å². The van der Waals surface area contributed by atoms with E-state index in [2.05, 4.69) is 29.5 Å². The first-order valence-electron chi connectivity index (χ1n) is 5.13. The Morgan fingerprint density at radius 2 is 1.69 bits per heavy atom. The molecule has 0 atom stereocenters. The molecule has 1 aliphatic rings. The lowest BCUT2D eigenvalue weighted by molar-refractivity contribution is 0.191. The molecule has 4 heteroatoms. The first kappa shape index (κ1) is 11.5. The minimum absolute atomic E-state index is 0.860. The Morgan fingerprint density at radius 1 is 1.15 bits per heavy atom. The highest BCUT2D eigenvalue weighted by atomic mass is 35.5. The van der Waals surface area contributed by atoms with Gasteiger partial charge in [-0.15, -0.1) is 11.6 Å². The van der Waals surface area contributed by atoms with E-state index in [0.29, 0.717) is 0 Å². The van der Waals surface area contributed by atoms with Crippen molar-refractivity contribution in [2.24, 2.45) is 0 Å². The molecule has 0 aromatic rings. The number of piperazine rings is 1. The zero-order valence-corrected chi connectivity index (χ0v) is 10.8. The first-order chi connectivity index (χ1) is 6.10. The molecular formula is C9H21ClN2Si. The predicted octanol–water partition coefficient (Wildman–Crippen LogP) is 1.61. The SMILES string of the molecule is CCN1CCN([Si](C)(C)CCl)CC1. The summed E-state index contributed by atoms with van der Waals surface area (Å²) < 4.78 is 2.63. The maximum atomic E-state index is 6.00. The maximum Gasteiger partial charge on any atom is 0.137 e. The highest BCUT2D eigenvalue weighted by Crippen LogP contribution is 2.14. The van der Waals surface area contributed by atoms with Crippen molar-refractivity contribution in [3.8, 4) is 0 Å². The van der Waals surface area contributed by atoms with Crippen molar-refractivity contribution >= 4 is 19.8 Å². The molecule has 1 saturated heterocycles. The Bertz CT molecular complexity index is 156. The zero-order chi connectivity index (χ0) is 9.90. The van der Waals surface area contributed by atoms with Gasteiger partial charge in [-0.05, 0) is 6.54 Å². The van der Waals surface area contributed by atoms with Gasteiger partial charge in [-0.1, -0.05) is 20.0 Å². The molecule has 0 aromatic carbocycles. The molecule has 1 fully saturated rings. The molecule has 1 aliphatic heterocycles. The Kier molecular flexibility index (Phi) is 4.23. The van der Waals surface area contributed by atoms with Gasteiger partial charge in [0, 0.05) is 31.7 Å². The smallest absolute Gasteiger partial charge is 0.137 e. The van der Waals surface area contributed by atoms with Gasteiger partial charge >= 0.3 is 0 Å². The fourth-order valence-corrected chi connectivity index (χ4v) is 3.84. The molecule has 0 amide bonds. The van der Waals surface area contributed by atoms with Crippen molar-refractivity contribution in [1.29, 1.82) is 0 Å². The van der Waals surface area contributed by atoms with Crippen LogP contribution in [-0.2, 0) is 0 Å². The van der Waals surface area contributed by atoms with Crippen LogP contribution in [0.25, 0.3) is 0 Å². The van der Waals surface area contributed by atoms with Gasteiger partial charge in [0.15, 0.2) is 0 Å². The van der Waals surface area contributed by atoms with Crippen LogP contribution in [0.3, 0.4) is 0 Å². The summed E-state index contributed by atoms with van der Waals surface area (Å²) in [5.41, 5.74) is 0.860. The largest absolute Gasteiger partial charge is 0.320 e. The Hall–Kier alpha value is 0.427. The second-order valence-electron chi connectivity index (χ2n) is 4.37. The van der Waals surface area contributed by atoms with E-state index in [1.165, 1.54) is 32.7 Å². The molecule has 0 N–H and O–H groups in total. The van der Waals surface area contributed by atoms with Crippen molar-refractivity contribution in [2.45, 2.75) is 20.0 Å². The highest BCUT2D eigenvalue weighted by Gasteiger charge is 2.30. The summed E-state index contributed by atoms with van der Waals surface area (Å²) in [7, 11) is -1.25. The second kappa shape index (κ2) is 4.78. The summed E-state index contributed by atoms with van der Waals surface area (Å²) in [6.45, 7) is 13.0. The van der Waals surface area contributed by atoms with Gasteiger partial charge < -0.3 is 9.47 Å². The van der Waals surface area contributed by atoms with Crippen LogP contribution >= 0.6 is 11.6 Å². The van der Waals surface area contributed by atoms with Crippen molar-refractivity contribution in [3.05, 3.63) is 0 Å². The average Bonchev–Trinajstić information content (AvgIpc) is 2.18. The monoisotopic (exact) mass is 220 g/mol. The standard InChI is InChI=1S/C9H21ClN2Si/c1-4-11-5-7-12(8-6-11)13(2,3)9-10/h4-9H2,1-3H3. The summed E-state index contributed by atoms with van der Waals surface area (Å²) >= 11 is 6.00. The Morgan fingerprint density at radius 3 is 2.08 bits per heavy atom. The lowest BCUT2D eigenvalue weighted by atomic mass is 10.4. The summed E-state index contributed by atoms with van der Waals surface area (Å²) in [6.07, 6.45) is 0. The van der Waals surface area contributed by atoms with Gasteiger partial charge in [-0.25, -0.2) is 0 Å². The van der Waals surface area contributed by atoms with Gasteiger partial charge in [0.2, 0.25) is 0 Å². The number of hydrogen-bond acceptors (Lipinski definition) is 2. The van der Waals surface area contributed by atoms with E-state index in [-0.39, 0.29) is 0 Å². The molecular weight excluding hydrogens is 200 g/mol. The third kappa shape index (κ3) is 2.94. The van der Waals surface area contributed by atoms with Gasteiger partial charge in [0.1, 0.15) is 8.24 Å². The summed E-state index contributed by atoms with van der Waals surface area (Å²) in [6, 6.07) is 0. The average molecular weight is 221 g/mol. The van der Waals surface area contributed by atoms with Crippen molar-refractivity contribution < 1.29 is 0 Å². The number of rotatable bonds is 3. The van der Waals surface area contributed by atoms with Crippen LogP contribution < -0.4 is 0 Å². The van der Waals surface area contributed by atoms with Crippen LogP contribution in [0.1, 0.15) is 6.92 Å². The van der Waals surface area contributed by atoms with Crippen LogP contribution in [-0.4, -0.2) is 55.9 Å². The minimum Gasteiger partial charge on any atom is -0.320 e. The van der Waals surface area contributed by atoms with Crippen LogP contribution in [0.4, 0.5) is 0 Å². The lowest BCUT2D eigenvalue weighted by Crippen LogP contribution is -2.58. The molecule has 0 unspecified atom stereocenters. The number of likely N-dealkylation sites (N-methyl/N-ethyl adjacent to an activating group) is 1. The molecule has 0 aliphatic carbocycles. The lowest BCUT2D eigenvalue weighted by Gasteiger charge is -2.41. The van der Waals surface area contributed by atoms with E-state index >= 15 is 0 Å². The fraction of sp³-hybridized carbons (Fsp3) is 1.00. The maximum absolute atomic E-state index is 6.00. The third-order valence-corrected chi connectivity index (χ3v) is 7.78. The molecule has 0 radical (unpaired) electrons. The summed E-state index contributed by atoms with van der Waals surface area (Å²) in [5, 5.41) is 0. The van der Waals surface area contributed by atoms with E-state index in [1.807, 2.05) is 0 Å². The third-order valence-electron chi connectivity index (χ3n) is 3.00. The Balaban J connectivity index is 2.40. The van der Waals surface area contributed by atoms with Crippen molar-refractivity contribution in [1.82, 2.24) is 9.47 Å². The van der Waals surface area contributed by atoms with Crippen LogP contribution in [0, 0.1) is 0 Å². The fourth-order valence-electron chi connectivity index (χ4n) is 1.75. The molecule has 0 aromatic heterocycles. The molecule has 1 rings (SSSR count). The quantitative estimate of drug-likeness (QED) is 0.527. The van der Waals surface area contributed by atoms with Gasteiger partial charge in [-0.2, -0.15) is 0 Å². The Labute approximate surface area is 87.9 Å².